The second kappa shape index (κ2) is 6.63. The summed E-state index contributed by atoms with van der Waals surface area (Å²) in [5.41, 5.74) is -1.28. The standard InChI is InChI=1S/C14H19N3O5S/c1-17(23(21,22)11-5-4-8-15-9-11)10-12(18)16-14(13(19)20)6-2-3-7-14/h4-5,8-9H,2-3,6-7,10H2,1H3,(H,16,18)(H,19,20). The van der Waals surface area contributed by atoms with Gasteiger partial charge in [0, 0.05) is 19.4 Å². The van der Waals surface area contributed by atoms with E-state index in [1.165, 1.54) is 31.6 Å². The normalized spacial score (nSPS) is 17.1. The van der Waals surface area contributed by atoms with Crippen LogP contribution in [0, 0.1) is 0 Å². The highest BCUT2D eigenvalue weighted by atomic mass is 32.2. The van der Waals surface area contributed by atoms with E-state index in [-0.39, 0.29) is 4.90 Å². The zero-order valence-electron chi connectivity index (χ0n) is 12.7. The number of nitrogens with zero attached hydrogens (tertiary/aromatic N) is 2. The van der Waals surface area contributed by atoms with Crippen LogP contribution in [0.25, 0.3) is 0 Å². The highest BCUT2D eigenvalue weighted by Crippen LogP contribution is 2.29. The van der Waals surface area contributed by atoms with Crippen LogP contribution in [0.4, 0.5) is 0 Å². The Morgan fingerprint density at radius 2 is 2.04 bits per heavy atom. The maximum absolute atomic E-state index is 12.3. The van der Waals surface area contributed by atoms with Gasteiger partial charge in [-0.3, -0.25) is 9.78 Å². The van der Waals surface area contributed by atoms with Gasteiger partial charge in [-0.15, -0.1) is 0 Å². The molecule has 0 saturated heterocycles. The molecule has 1 heterocycles. The molecule has 8 nitrogen and oxygen atoms in total. The number of hydrogen-bond acceptors (Lipinski definition) is 5. The van der Waals surface area contributed by atoms with Crippen LogP contribution in [0.5, 0.6) is 0 Å². The van der Waals surface area contributed by atoms with Crippen molar-refractivity contribution in [2.45, 2.75) is 36.1 Å². The van der Waals surface area contributed by atoms with Gasteiger partial charge in [0.25, 0.3) is 0 Å². The molecule has 1 aliphatic carbocycles. The molecule has 0 aliphatic heterocycles. The molecule has 126 valence electrons. The smallest absolute Gasteiger partial charge is 0.329 e. The van der Waals surface area contributed by atoms with Crippen molar-refractivity contribution in [2.75, 3.05) is 13.6 Å². The summed E-state index contributed by atoms with van der Waals surface area (Å²) in [5, 5.41) is 11.8. The van der Waals surface area contributed by atoms with E-state index >= 15 is 0 Å². The topological polar surface area (TPSA) is 117 Å². The molecule has 0 spiro atoms. The highest BCUT2D eigenvalue weighted by Gasteiger charge is 2.42. The Bertz CT molecular complexity index is 684. The van der Waals surface area contributed by atoms with Crippen molar-refractivity contribution in [1.82, 2.24) is 14.6 Å². The lowest BCUT2D eigenvalue weighted by molar-refractivity contribution is -0.147. The van der Waals surface area contributed by atoms with E-state index in [1.807, 2.05) is 0 Å². The summed E-state index contributed by atoms with van der Waals surface area (Å²) in [6.45, 7) is -0.452. The van der Waals surface area contributed by atoms with E-state index in [0.717, 1.165) is 17.1 Å². The second-order valence-corrected chi connectivity index (χ2v) is 7.64. The van der Waals surface area contributed by atoms with Crippen LogP contribution >= 0.6 is 0 Å². The number of pyridine rings is 1. The number of amides is 1. The molecule has 9 heteroatoms. The summed E-state index contributed by atoms with van der Waals surface area (Å²) in [6, 6.07) is 2.87. The largest absolute Gasteiger partial charge is 0.480 e. The third kappa shape index (κ3) is 3.67. The van der Waals surface area contributed by atoms with E-state index in [4.69, 9.17) is 0 Å². The average molecular weight is 341 g/mol. The Morgan fingerprint density at radius 3 is 2.57 bits per heavy atom. The van der Waals surface area contributed by atoms with Crippen molar-refractivity contribution in [3.63, 3.8) is 0 Å². The van der Waals surface area contributed by atoms with Gasteiger partial charge in [0.15, 0.2) is 0 Å². The van der Waals surface area contributed by atoms with Crippen LogP contribution in [-0.4, -0.2) is 53.8 Å². The van der Waals surface area contributed by atoms with Crippen molar-refractivity contribution in [3.05, 3.63) is 24.5 Å². The first-order chi connectivity index (χ1) is 10.8. The molecule has 1 fully saturated rings. The third-order valence-corrected chi connectivity index (χ3v) is 5.74. The first-order valence-electron chi connectivity index (χ1n) is 7.19. The molecule has 0 bridgehead atoms. The predicted molar refractivity (Wildman–Crippen MR) is 81.0 cm³/mol. The average Bonchev–Trinajstić information content (AvgIpc) is 2.97. The number of nitrogens with one attached hydrogen (secondary N) is 1. The van der Waals surface area contributed by atoms with Gasteiger partial charge < -0.3 is 10.4 Å². The summed E-state index contributed by atoms with van der Waals surface area (Å²) in [7, 11) is -2.58. The van der Waals surface area contributed by atoms with Gasteiger partial charge in [-0.25, -0.2) is 13.2 Å². The monoisotopic (exact) mass is 341 g/mol. The predicted octanol–water partition coefficient (Wildman–Crippen LogP) is 0.216. The maximum Gasteiger partial charge on any atom is 0.329 e. The lowest BCUT2D eigenvalue weighted by Crippen LogP contribution is -2.54. The Labute approximate surface area is 134 Å². The van der Waals surface area contributed by atoms with Gasteiger partial charge >= 0.3 is 5.97 Å². The number of rotatable bonds is 6. The number of likely N-dealkylation sites (N-methyl/N-ethyl adjacent to an activating group) is 1. The molecule has 1 amide bonds. The second-order valence-electron chi connectivity index (χ2n) is 5.59. The number of aliphatic carboxylic acids is 1. The Balaban J connectivity index is 2.06. The molecule has 2 N–H and O–H groups in total. The first-order valence-corrected chi connectivity index (χ1v) is 8.63. The maximum atomic E-state index is 12.3. The molecular formula is C14H19N3O5S. The quantitative estimate of drug-likeness (QED) is 0.764. The summed E-state index contributed by atoms with van der Waals surface area (Å²) >= 11 is 0. The van der Waals surface area contributed by atoms with Crippen LogP contribution in [0.3, 0.4) is 0 Å². The van der Waals surface area contributed by atoms with E-state index in [1.54, 1.807) is 0 Å². The SMILES string of the molecule is CN(CC(=O)NC1(C(=O)O)CCCC1)S(=O)(=O)c1cccnc1. The van der Waals surface area contributed by atoms with Crippen LogP contribution in [0.15, 0.2) is 29.4 Å². The first kappa shape index (κ1) is 17.4. The molecule has 2 rings (SSSR count). The van der Waals surface area contributed by atoms with E-state index < -0.39 is 34.0 Å². The van der Waals surface area contributed by atoms with Crippen LogP contribution in [0.2, 0.25) is 0 Å². The van der Waals surface area contributed by atoms with Crippen molar-refractivity contribution in [2.24, 2.45) is 0 Å². The van der Waals surface area contributed by atoms with Crippen LogP contribution < -0.4 is 5.32 Å². The number of hydrogen-bond donors (Lipinski definition) is 2. The fourth-order valence-corrected chi connectivity index (χ4v) is 3.74. The molecule has 1 aromatic heterocycles. The van der Waals surface area contributed by atoms with E-state index in [2.05, 4.69) is 10.3 Å². The molecular weight excluding hydrogens is 322 g/mol. The summed E-state index contributed by atoms with van der Waals surface area (Å²) in [4.78, 5) is 27.2. The molecule has 0 atom stereocenters. The van der Waals surface area contributed by atoms with E-state index in [0.29, 0.717) is 12.8 Å². The number of carbonyl (C=O) groups excluding carboxylic acids is 1. The van der Waals surface area contributed by atoms with E-state index in [9.17, 15) is 23.1 Å². The highest BCUT2D eigenvalue weighted by molar-refractivity contribution is 7.89. The molecule has 0 aromatic carbocycles. The minimum absolute atomic E-state index is 0.0240. The Hall–Kier alpha value is -2.00. The fraction of sp³-hybridized carbons (Fsp3) is 0.500. The van der Waals surface area contributed by atoms with Gasteiger partial charge in [0.1, 0.15) is 10.4 Å². The number of carbonyl (C=O) groups is 2. The number of carboxylic acids is 1. The molecule has 23 heavy (non-hydrogen) atoms. The molecule has 1 aromatic rings. The van der Waals surface area contributed by atoms with Gasteiger partial charge in [-0.1, -0.05) is 12.8 Å². The minimum atomic E-state index is -3.85. The van der Waals surface area contributed by atoms with Gasteiger partial charge in [-0.05, 0) is 25.0 Å². The zero-order valence-corrected chi connectivity index (χ0v) is 13.5. The van der Waals surface area contributed by atoms with Crippen LogP contribution in [-0.2, 0) is 19.6 Å². The number of sulfonamides is 1. The lowest BCUT2D eigenvalue weighted by Gasteiger charge is -2.26. The molecule has 1 saturated carbocycles. The number of carboxylic acid groups (broad SMARTS) is 1. The summed E-state index contributed by atoms with van der Waals surface area (Å²) in [6.07, 6.45) is 4.79. The van der Waals surface area contributed by atoms with Gasteiger partial charge in [0.05, 0.1) is 6.54 Å². The fourth-order valence-electron chi connectivity index (χ4n) is 2.64. The van der Waals surface area contributed by atoms with Crippen molar-refractivity contribution in [1.29, 1.82) is 0 Å². The van der Waals surface area contributed by atoms with Gasteiger partial charge in [0.2, 0.25) is 15.9 Å². The lowest BCUT2D eigenvalue weighted by atomic mass is 9.98. The summed E-state index contributed by atoms with van der Waals surface area (Å²) in [5.74, 6) is -1.72. The van der Waals surface area contributed by atoms with Crippen LogP contribution in [0.1, 0.15) is 25.7 Å². The molecule has 1 aliphatic rings. The molecule has 0 unspecified atom stereocenters. The zero-order chi connectivity index (χ0) is 17.1. The summed E-state index contributed by atoms with van der Waals surface area (Å²) < 4.78 is 25.5. The Kier molecular flexibility index (Phi) is 5.00. The minimum Gasteiger partial charge on any atom is -0.480 e. The third-order valence-electron chi connectivity index (χ3n) is 3.95. The van der Waals surface area contributed by atoms with Crippen molar-refractivity contribution < 1.29 is 23.1 Å². The molecule has 0 radical (unpaired) electrons. The van der Waals surface area contributed by atoms with Crippen molar-refractivity contribution >= 4 is 21.9 Å². The Morgan fingerprint density at radius 1 is 1.39 bits per heavy atom. The van der Waals surface area contributed by atoms with Gasteiger partial charge in [-0.2, -0.15) is 4.31 Å². The number of aromatic nitrogens is 1. The van der Waals surface area contributed by atoms with Crippen molar-refractivity contribution in [3.8, 4) is 0 Å².